The zero-order valence-electron chi connectivity index (χ0n) is 11.0. The first kappa shape index (κ1) is 11.7. The van der Waals surface area contributed by atoms with E-state index in [2.05, 4.69) is 6.92 Å². The maximum atomic E-state index is 12.5. The van der Waals surface area contributed by atoms with E-state index in [9.17, 15) is 4.79 Å². The third-order valence-corrected chi connectivity index (χ3v) is 5.22. The molecule has 17 heavy (non-hydrogen) atoms. The van der Waals surface area contributed by atoms with Crippen LogP contribution in [-0.4, -0.2) is 18.0 Å². The normalized spacial score (nSPS) is 34.5. The van der Waals surface area contributed by atoms with E-state index < -0.39 is 0 Å². The smallest absolute Gasteiger partial charge is 0.142 e. The molecule has 96 valence electrons. The SMILES string of the molecule is CC1(C(=O)C2CCOC3(CCCCC3)C2)CC1. The van der Waals surface area contributed by atoms with Crippen LogP contribution in [0.4, 0.5) is 0 Å². The van der Waals surface area contributed by atoms with Crippen molar-refractivity contribution < 1.29 is 9.53 Å². The van der Waals surface area contributed by atoms with Gasteiger partial charge in [0.25, 0.3) is 0 Å². The van der Waals surface area contributed by atoms with E-state index in [4.69, 9.17) is 4.74 Å². The Morgan fingerprint density at radius 2 is 1.82 bits per heavy atom. The molecule has 1 atom stereocenters. The Kier molecular flexibility index (Phi) is 2.81. The van der Waals surface area contributed by atoms with E-state index in [-0.39, 0.29) is 11.0 Å². The average Bonchev–Trinajstić information content (AvgIpc) is 3.09. The molecular formula is C15H24O2. The van der Waals surface area contributed by atoms with Crippen LogP contribution < -0.4 is 0 Å². The second-order valence-corrected chi connectivity index (χ2v) is 6.71. The van der Waals surface area contributed by atoms with Crippen molar-refractivity contribution in [2.24, 2.45) is 11.3 Å². The minimum Gasteiger partial charge on any atom is -0.375 e. The number of hydrogen-bond acceptors (Lipinski definition) is 2. The van der Waals surface area contributed by atoms with Crippen molar-refractivity contribution in [2.45, 2.75) is 70.3 Å². The van der Waals surface area contributed by atoms with Gasteiger partial charge in [-0.2, -0.15) is 0 Å². The Morgan fingerprint density at radius 3 is 2.47 bits per heavy atom. The summed E-state index contributed by atoms with van der Waals surface area (Å²) in [6, 6.07) is 0. The quantitative estimate of drug-likeness (QED) is 0.733. The summed E-state index contributed by atoms with van der Waals surface area (Å²) in [7, 11) is 0. The lowest BCUT2D eigenvalue weighted by Crippen LogP contribution is -2.44. The highest BCUT2D eigenvalue weighted by Gasteiger charge is 2.50. The van der Waals surface area contributed by atoms with Crippen molar-refractivity contribution >= 4 is 5.78 Å². The van der Waals surface area contributed by atoms with Gasteiger partial charge in [-0.15, -0.1) is 0 Å². The molecule has 0 aromatic rings. The van der Waals surface area contributed by atoms with Gasteiger partial charge in [0.1, 0.15) is 5.78 Å². The Bertz CT molecular complexity index is 305. The maximum absolute atomic E-state index is 12.5. The van der Waals surface area contributed by atoms with Crippen LogP contribution in [0.25, 0.3) is 0 Å². The summed E-state index contributed by atoms with van der Waals surface area (Å²) in [5.74, 6) is 0.847. The molecule has 1 heterocycles. The largest absolute Gasteiger partial charge is 0.375 e. The van der Waals surface area contributed by atoms with Gasteiger partial charge in [-0.25, -0.2) is 0 Å². The van der Waals surface area contributed by atoms with Crippen LogP contribution in [0.5, 0.6) is 0 Å². The van der Waals surface area contributed by atoms with Crippen LogP contribution >= 0.6 is 0 Å². The molecule has 3 fully saturated rings. The molecule has 0 aromatic heterocycles. The molecule has 1 unspecified atom stereocenters. The molecule has 3 aliphatic rings. The molecule has 3 rings (SSSR count). The van der Waals surface area contributed by atoms with E-state index in [0.717, 1.165) is 32.3 Å². The monoisotopic (exact) mass is 236 g/mol. The Hall–Kier alpha value is -0.370. The molecular weight excluding hydrogens is 212 g/mol. The topological polar surface area (TPSA) is 26.3 Å². The molecule has 2 heteroatoms. The highest BCUT2D eigenvalue weighted by Crippen LogP contribution is 2.50. The fraction of sp³-hybridized carbons (Fsp3) is 0.933. The van der Waals surface area contributed by atoms with Crippen molar-refractivity contribution in [1.82, 2.24) is 0 Å². The van der Waals surface area contributed by atoms with E-state index in [1.807, 2.05) is 0 Å². The molecule has 2 saturated carbocycles. The third-order valence-electron chi connectivity index (χ3n) is 5.22. The molecule has 2 nitrogen and oxygen atoms in total. The summed E-state index contributed by atoms with van der Waals surface area (Å²) in [4.78, 5) is 12.5. The lowest BCUT2D eigenvalue weighted by molar-refractivity contribution is -0.146. The summed E-state index contributed by atoms with van der Waals surface area (Å²) < 4.78 is 6.07. The van der Waals surface area contributed by atoms with E-state index in [1.165, 1.54) is 32.1 Å². The first-order valence-corrected chi connectivity index (χ1v) is 7.32. The molecule has 2 aliphatic carbocycles. The predicted octanol–water partition coefficient (Wildman–Crippen LogP) is 3.49. The first-order chi connectivity index (χ1) is 8.14. The molecule has 0 aromatic carbocycles. The summed E-state index contributed by atoms with van der Waals surface area (Å²) in [5, 5.41) is 0. The van der Waals surface area contributed by atoms with Crippen LogP contribution in [-0.2, 0) is 9.53 Å². The Morgan fingerprint density at radius 1 is 1.12 bits per heavy atom. The number of Topliss-reactive ketones (excluding diaryl/α,β-unsaturated/α-hetero) is 1. The summed E-state index contributed by atoms with van der Waals surface area (Å²) in [6.45, 7) is 2.96. The van der Waals surface area contributed by atoms with Crippen LogP contribution in [0.2, 0.25) is 0 Å². The Balaban J connectivity index is 1.68. The average molecular weight is 236 g/mol. The molecule has 1 spiro atoms. The number of ketones is 1. The molecule has 0 bridgehead atoms. The molecule has 0 amide bonds. The van der Waals surface area contributed by atoms with Gasteiger partial charge in [0, 0.05) is 17.9 Å². The van der Waals surface area contributed by atoms with Gasteiger partial charge < -0.3 is 4.74 Å². The fourth-order valence-electron chi connectivity index (χ4n) is 3.72. The second-order valence-electron chi connectivity index (χ2n) is 6.71. The fourth-order valence-corrected chi connectivity index (χ4v) is 3.72. The zero-order chi connectivity index (χ0) is 11.9. The molecule has 1 saturated heterocycles. The van der Waals surface area contributed by atoms with E-state index in [0.29, 0.717) is 11.7 Å². The van der Waals surface area contributed by atoms with Crippen molar-refractivity contribution in [3.8, 4) is 0 Å². The summed E-state index contributed by atoms with van der Waals surface area (Å²) >= 11 is 0. The van der Waals surface area contributed by atoms with E-state index >= 15 is 0 Å². The van der Waals surface area contributed by atoms with E-state index in [1.54, 1.807) is 0 Å². The van der Waals surface area contributed by atoms with Crippen molar-refractivity contribution in [2.75, 3.05) is 6.61 Å². The molecule has 1 aliphatic heterocycles. The van der Waals surface area contributed by atoms with Gasteiger partial charge in [-0.1, -0.05) is 26.2 Å². The van der Waals surface area contributed by atoms with Gasteiger partial charge >= 0.3 is 0 Å². The number of hydrogen-bond donors (Lipinski definition) is 0. The molecule has 0 N–H and O–H groups in total. The highest BCUT2D eigenvalue weighted by atomic mass is 16.5. The lowest BCUT2D eigenvalue weighted by atomic mass is 9.73. The van der Waals surface area contributed by atoms with Crippen LogP contribution in [0.15, 0.2) is 0 Å². The van der Waals surface area contributed by atoms with Crippen LogP contribution in [0.3, 0.4) is 0 Å². The van der Waals surface area contributed by atoms with Crippen molar-refractivity contribution in [1.29, 1.82) is 0 Å². The minimum absolute atomic E-state index is 0.0534. The number of carbonyl (C=O) groups excluding carboxylic acids is 1. The number of rotatable bonds is 2. The van der Waals surface area contributed by atoms with Gasteiger partial charge in [0.2, 0.25) is 0 Å². The van der Waals surface area contributed by atoms with Gasteiger partial charge in [0.05, 0.1) is 5.60 Å². The standard InChI is InChI=1S/C15H24O2/c1-14(8-9-14)13(16)12-5-10-17-15(11-12)6-3-2-4-7-15/h12H,2-11H2,1H3. The minimum atomic E-state index is 0.0534. The van der Waals surface area contributed by atoms with Crippen molar-refractivity contribution in [3.05, 3.63) is 0 Å². The zero-order valence-corrected chi connectivity index (χ0v) is 11.0. The Labute approximate surface area is 104 Å². The number of ether oxygens (including phenoxy) is 1. The second kappa shape index (κ2) is 4.08. The van der Waals surface area contributed by atoms with Crippen LogP contribution in [0, 0.1) is 11.3 Å². The lowest BCUT2D eigenvalue weighted by Gasteiger charge is -2.43. The third kappa shape index (κ3) is 2.16. The van der Waals surface area contributed by atoms with Gasteiger partial charge in [-0.05, 0) is 38.5 Å². The van der Waals surface area contributed by atoms with Crippen LogP contribution in [0.1, 0.15) is 64.7 Å². The van der Waals surface area contributed by atoms with Gasteiger partial charge in [0.15, 0.2) is 0 Å². The van der Waals surface area contributed by atoms with Gasteiger partial charge in [-0.3, -0.25) is 4.79 Å². The summed E-state index contributed by atoms with van der Waals surface area (Å²) in [6.07, 6.45) is 10.5. The molecule has 0 radical (unpaired) electrons. The number of carbonyl (C=O) groups is 1. The maximum Gasteiger partial charge on any atom is 0.142 e. The summed E-state index contributed by atoms with van der Waals surface area (Å²) in [5.41, 5.74) is 0.139. The van der Waals surface area contributed by atoms with Crippen molar-refractivity contribution in [3.63, 3.8) is 0 Å². The highest BCUT2D eigenvalue weighted by molar-refractivity contribution is 5.89. The first-order valence-electron chi connectivity index (χ1n) is 7.32. The predicted molar refractivity (Wildman–Crippen MR) is 66.8 cm³/mol.